The molecule has 0 heterocycles. The minimum absolute atomic E-state index is 0.477. The van der Waals surface area contributed by atoms with Crippen molar-refractivity contribution in [1.82, 2.24) is 0 Å². The van der Waals surface area contributed by atoms with E-state index in [-0.39, 0.29) is 0 Å². The van der Waals surface area contributed by atoms with Crippen LogP contribution in [-0.2, 0) is 4.74 Å². The quantitative estimate of drug-likeness (QED) is 0.440. The smallest absolute Gasteiger partial charge is 0.0696 e. The van der Waals surface area contributed by atoms with Gasteiger partial charge in [0.2, 0.25) is 0 Å². The molecule has 2 aliphatic rings. The Morgan fingerprint density at radius 3 is 2.37 bits per heavy atom. The summed E-state index contributed by atoms with van der Waals surface area (Å²) in [5.41, 5.74) is 0.477. The van der Waals surface area contributed by atoms with Gasteiger partial charge in [-0.15, -0.1) is 0 Å². The summed E-state index contributed by atoms with van der Waals surface area (Å²) >= 11 is 2.65. The summed E-state index contributed by atoms with van der Waals surface area (Å²) in [7, 11) is 0. The predicted molar refractivity (Wildman–Crippen MR) is 91.0 cm³/mol. The number of alkyl halides is 1. The number of ether oxygens (including phenoxy) is 1. The van der Waals surface area contributed by atoms with Crippen molar-refractivity contribution in [1.29, 1.82) is 0 Å². The molecule has 0 aromatic rings. The van der Waals surface area contributed by atoms with Gasteiger partial charge in [0.15, 0.2) is 0 Å². The molecule has 0 radical (unpaired) electrons. The first kappa shape index (κ1) is 16.1. The summed E-state index contributed by atoms with van der Waals surface area (Å²) < 4.78 is 7.31. The first-order valence-electron chi connectivity index (χ1n) is 8.26. The lowest BCUT2D eigenvalue weighted by atomic mass is 9.71. The molecule has 4 atom stereocenters. The molecule has 0 bridgehead atoms. The third-order valence-corrected chi connectivity index (χ3v) is 6.26. The highest BCUT2D eigenvalue weighted by atomic mass is 127. The molecule has 2 heteroatoms. The van der Waals surface area contributed by atoms with Crippen molar-refractivity contribution in [2.24, 2.45) is 11.3 Å². The molecule has 4 unspecified atom stereocenters. The van der Waals surface area contributed by atoms with Crippen molar-refractivity contribution in [2.45, 2.75) is 94.7 Å². The maximum Gasteiger partial charge on any atom is 0.0696 e. The van der Waals surface area contributed by atoms with Gasteiger partial charge in [-0.05, 0) is 43.4 Å². The van der Waals surface area contributed by atoms with E-state index in [4.69, 9.17) is 4.74 Å². The van der Waals surface area contributed by atoms with E-state index in [9.17, 15) is 0 Å². The molecule has 0 aromatic carbocycles. The summed E-state index contributed by atoms with van der Waals surface area (Å²) in [4.78, 5) is 0. The molecule has 2 aliphatic carbocycles. The summed E-state index contributed by atoms with van der Waals surface area (Å²) in [5.74, 6) is 0.829. The predicted octanol–water partition coefficient (Wildman–Crippen LogP) is 5.74. The van der Waals surface area contributed by atoms with Crippen LogP contribution in [-0.4, -0.2) is 16.1 Å². The first-order chi connectivity index (χ1) is 8.96. The van der Waals surface area contributed by atoms with Crippen LogP contribution in [0.1, 0.15) is 78.6 Å². The van der Waals surface area contributed by atoms with Crippen molar-refractivity contribution >= 4 is 22.6 Å². The van der Waals surface area contributed by atoms with E-state index in [0.717, 1.165) is 9.84 Å². The fourth-order valence-corrected chi connectivity index (χ4v) is 5.14. The molecule has 0 amide bonds. The average Bonchev–Trinajstić information content (AvgIpc) is 2.26. The number of rotatable bonds is 2. The Bertz CT molecular complexity index is 276. The zero-order chi connectivity index (χ0) is 13.9. The molecule has 19 heavy (non-hydrogen) atoms. The van der Waals surface area contributed by atoms with Gasteiger partial charge < -0.3 is 4.74 Å². The standard InChI is InChI=1S/C17H31IO/c1-13-10-14(12-17(2,3)11-13)19-16-9-7-5-4-6-8-15(16)18/h13-16H,4-12H2,1-3H3. The Morgan fingerprint density at radius 1 is 1.00 bits per heavy atom. The van der Waals surface area contributed by atoms with Gasteiger partial charge in [0, 0.05) is 3.92 Å². The van der Waals surface area contributed by atoms with Gasteiger partial charge in [0.05, 0.1) is 12.2 Å². The van der Waals surface area contributed by atoms with Gasteiger partial charge in [-0.3, -0.25) is 0 Å². The molecule has 2 fully saturated rings. The topological polar surface area (TPSA) is 9.23 Å². The van der Waals surface area contributed by atoms with Crippen LogP contribution in [0.25, 0.3) is 0 Å². The molecule has 0 aliphatic heterocycles. The number of halogens is 1. The van der Waals surface area contributed by atoms with Crippen molar-refractivity contribution < 1.29 is 4.74 Å². The molecule has 0 spiro atoms. The number of hydrogen-bond donors (Lipinski definition) is 0. The second-order valence-electron chi connectivity index (χ2n) is 7.72. The SMILES string of the molecule is CC1CC(OC2CCCCCCC2I)CC(C)(C)C1. The van der Waals surface area contributed by atoms with Crippen LogP contribution >= 0.6 is 22.6 Å². The number of hydrogen-bond acceptors (Lipinski definition) is 1. The Hall–Kier alpha value is 0.690. The lowest BCUT2D eigenvalue weighted by molar-refractivity contribution is -0.0688. The van der Waals surface area contributed by atoms with Crippen LogP contribution < -0.4 is 0 Å². The molecular weight excluding hydrogens is 347 g/mol. The van der Waals surface area contributed by atoms with Crippen molar-refractivity contribution in [3.8, 4) is 0 Å². The fourth-order valence-electron chi connectivity index (χ4n) is 4.17. The van der Waals surface area contributed by atoms with E-state index in [1.54, 1.807) is 0 Å². The van der Waals surface area contributed by atoms with Crippen LogP contribution in [0, 0.1) is 11.3 Å². The average molecular weight is 378 g/mol. The van der Waals surface area contributed by atoms with Gasteiger partial charge in [0.1, 0.15) is 0 Å². The minimum atomic E-state index is 0.477. The Morgan fingerprint density at radius 2 is 1.68 bits per heavy atom. The van der Waals surface area contributed by atoms with Crippen LogP contribution in [0.5, 0.6) is 0 Å². The molecular formula is C17H31IO. The molecule has 2 saturated carbocycles. The second kappa shape index (κ2) is 7.11. The van der Waals surface area contributed by atoms with Gasteiger partial charge in [-0.2, -0.15) is 0 Å². The molecule has 0 aromatic heterocycles. The van der Waals surface area contributed by atoms with E-state index in [2.05, 4.69) is 43.4 Å². The minimum Gasteiger partial charge on any atom is -0.374 e. The summed E-state index contributed by atoms with van der Waals surface area (Å²) in [6.07, 6.45) is 13.2. The second-order valence-corrected chi connectivity index (χ2v) is 9.32. The molecule has 112 valence electrons. The maximum atomic E-state index is 6.58. The first-order valence-corrected chi connectivity index (χ1v) is 9.50. The monoisotopic (exact) mass is 378 g/mol. The Kier molecular flexibility index (Phi) is 6.01. The zero-order valence-corrected chi connectivity index (χ0v) is 15.1. The van der Waals surface area contributed by atoms with E-state index < -0.39 is 0 Å². The van der Waals surface area contributed by atoms with E-state index in [1.807, 2.05) is 0 Å². The summed E-state index contributed by atoms with van der Waals surface area (Å²) in [6.45, 7) is 7.23. The summed E-state index contributed by atoms with van der Waals surface area (Å²) in [6, 6.07) is 0. The summed E-state index contributed by atoms with van der Waals surface area (Å²) in [5, 5.41) is 0. The molecule has 0 saturated heterocycles. The van der Waals surface area contributed by atoms with Crippen LogP contribution in [0.4, 0.5) is 0 Å². The van der Waals surface area contributed by atoms with Crippen molar-refractivity contribution in [3.63, 3.8) is 0 Å². The highest BCUT2D eigenvalue weighted by Gasteiger charge is 2.34. The molecule has 2 rings (SSSR count). The van der Waals surface area contributed by atoms with E-state index >= 15 is 0 Å². The lowest BCUT2D eigenvalue weighted by Crippen LogP contribution is -2.37. The van der Waals surface area contributed by atoms with Gasteiger partial charge in [-0.25, -0.2) is 0 Å². The molecule has 0 N–H and O–H groups in total. The Labute approximate surface area is 133 Å². The highest BCUT2D eigenvalue weighted by molar-refractivity contribution is 14.1. The fraction of sp³-hybridized carbons (Fsp3) is 1.00. The largest absolute Gasteiger partial charge is 0.374 e. The Balaban J connectivity index is 1.90. The third kappa shape index (κ3) is 5.18. The molecule has 1 nitrogen and oxygen atoms in total. The van der Waals surface area contributed by atoms with Crippen LogP contribution in [0.3, 0.4) is 0 Å². The van der Waals surface area contributed by atoms with Crippen LogP contribution in [0.2, 0.25) is 0 Å². The lowest BCUT2D eigenvalue weighted by Gasteiger charge is -2.41. The van der Waals surface area contributed by atoms with Crippen molar-refractivity contribution in [3.05, 3.63) is 0 Å². The van der Waals surface area contributed by atoms with Gasteiger partial charge >= 0.3 is 0 Å². The van der Waals surface area contributed by atoms with Gasteiger partial charge in [0.25, 0.3) is 0 Å². The maximum absolute atomic E-state index is 6.58. The zero-order valence-electron chi connectivity index (χ0n) is 13.0. The normalized spacial score (nSPS) is 40.4. The van der Waals surface area contributed by atoms with Crippen molar-refractivity contribution in [2.75, 3.05) is 0 Å². The van der Waals surface area contributed by atoms with Crippen LogP contribution in [0.15, 0.2) is 0 Å². The third-order valence-electron chi connectivity index (χ3n) is 4.84. The highest BCUT2D eigenvalue weighted by Crippen LogP contribution is 2.41. The van der Waals surface area contributed by atoms with E-state index in [1.165, 1.54) is 57.8 Å². The van der Waals surface area contributed by atoms with E-state index in [0.29, 0.717) is 17.6 Å². The van der Waals surface area contributed by atoms with Gasteiger partial charge in [-0.1, -0.05) is 69.0 Å².